The number of hydrogen-bond donors (Lipinski definition) is 0. The number of amides is 1. The predicted octanol–water partition coefficient (Wildman–Crippen LogP) is 2.77. The molecule has 1 aromatic heterocycles. The van der Waals surface area contributed by atoms with Crippen LogP contribution in [-0.4, -0.2) is 34.8 Å². The van der Waals surface area contributed by atoms with E-state index in [9.17, 15) is 4.79 Å². The van der Waals surface area contributed by atoms with E-state index >= 15 is 0 Å². The Hall–Kier alpha value is -1.88. The first-order valence-corrected chi connectivity index (χ1v) is 7.98. The molecule has 2 aromatic rings. The maximum atomic E-state index is 12.5. The van der Waals surface area contributed by atoms with E-state index in [2.05, 4.69) is 0 Å². The highest BCUT2D eigenvalue weighted by Crippen LogP contribution is 2.38. The van der Waals surface area contributed by atoms with Gasteiger partial charge in [0.25, 0.3) is 0 Å². The number of methoxy groups -OCH3 is 1. The number of rotatable bonds is 4. The second-order valence-corrected chi connectivity index (χ2v) is 6.13. The Morgan fingerprint density at radius 1 is 1.29 bits per heavy atom. The molecule has 1 amide bonds. The molecule has 1 aromatic carbocycles. The van der Waals surface area contributed by atoms with E-state index in [0.29, 0.717) is 6.54 Å². The fourth-order valence-corrected chi connectivity index (χ4v) is 3.77. The number of hydrogen-bond acceptors (Lipinski definition) is 3. The van der Waals surface area contributed by atoms with Crippen LogP contribution in [0.5, 0.6) is 5.75 Å². The molecule has 110 valence electrons. The van der Waals surface area contributed by atoms with Gasteiger partial charge in [0, 0.05) is 24.7 Å². The maximum Gasteiger partial charge on any atom is 0.243 e. The van der Waals surface area contributed by atoms with Gasteiger partial charge in [-0.3, -0.25) is 4.79 Å². The van der Waals surface area contributed by atoms with Crippen molar-refractivity contribution in [2.24, 2.45) is 0 Å². The average Bonchev–Trinajstić information content (AvgIpc) is 3.18. The molecule has 3 rings (SSSR count). The first-order chi connectivity index (χ1) is 10.3. The molecule has 21 heavy (non-hydrogen) atoms. The van der Waals surface area contributed by atoms with Crippen LogP contribution in [0.4, 0.5) is 0 Å². The topological polar surface area (TPSA) is 34.5 Å². The molecule has 0 N–H and O–H groups in total. The molecule has 1 saturated heterocycles. The van der Waals surface area contributed by atoms with Crippen molar-refractivity contribution in [1.29, 1.82) is 0 Å². The Kier molecular flexibility index (Phi) is 4.20. The van der Waals surface area contributed by atoms with Gasteiger partial charge in [-0.2, -0.15) is 0 Å². The number of benzene rings is 1. The van der Waals surface area contributed by atoms with Crippen LogP contribution in [0.15, 0.2) is 48.8 Å². The monoisotopic (exact) mass is 302 g/mol. The number of ether oxygens (including phenoxy) is 1. The van der Waals surface area contributed by atoms with Crippen LogP contribution >= 0.6 is 11.8 Å². The fourth-order valence-electron chi connectivity index (χ4n) is 2.49. The lowest BCUT2D eigenvalue weighted by molar-refractivity contribution is -0.132. The van der Waals surface area contributed by atoms with Crippen LogP contribution in [0.3, 0.4) is 0 Å². The summed E-state index contributed by atoms with van der Waals surface area (Å²) in [6.07, 6.45) is 3.84. The largest absolute Gasteiger partial charge is 0.497 e. The quantitative estimate of drug-likeness (QED) is 0.871. The van der Waals surface area contributed by atoms with Gasteiger partial charge in [0.1, 0.15) is 17.7 Å². The number of carbonyl (C=O) groups excluding carboxylic acids is 1. The summed E-state index contributed by atoms with van der Waals surface area (Å²) in [5.74, 6) is 1.98. The van der Waals surface area contributed by atoms with Crippen molar-refractivity contribution >= 4 is 17.7 Å². The summed E-state index contributed by atoms with van der Waals surface area (Å²) in [5, 5.41) is 0.110. The summed E-state index contributed by atoms with van der Waals surface area (Å²) in [5.41, 5.74) is 1.15. The van der Waals surface area contributed by atoms with Crippen LogP contribution in [0.2, 0.25) is 0 Å². The molecule has 5 heteroatoms. The molecule has 4 nitrogen and oxygen atoms in total. The third kappa shape index (κ3) is 3.08. The minimum atomic E-state index is 0.110. The zero-order chi connectivity index (χ0) is 14.7. The van der Waals surface area contributed by atoms with Crippen LogP contribution in [0, 0.1) is 0 Å². The highest BCUT2D eigenvalue weighted by Gasteiger charge is 2.30. The molecule has 0 spiro atoms. The Bertz CT molecular complexity index is 595. The molecule has 1 aliphatic heterocycles. The molecular weight excluding hydrogens is 284 g/mol. The number of aromatic nitrogens is 1. The van der Waals surface area contributed by atoms with Gasteiger partial charge >= 0.3 is 0 Å². The standard InChI is InChI=1S/C16H18N2O2S/c1-20-14-6-4-13(5-7-14)16-18(10-11-21-16)15(19)12-17-8-2-3-9-17/h2-9,16H,10-12H2,1H3. The van der Waals surface area contributed by atoms with E-state index in [1.165, 1.54) is 0 Å². The van der Waals surface area contributed by atoms with Crippen LogP contribution in [0.25, 0.3) is 0 Å². The maximum absolute atomic E-state index is 12.5. The van der Waals surface area contributed by atoms with E-state index in [1.807, 2.05) is 70.0 Å². The molecule has 0 radical (unpaired) electrons. The lowest BCUT2D eigenvalue weighted by atomic mass is 10.2. The van der Waals surface area contributed by atoms with Gasteiger partial charge < -0.3 is 14.2 Å². The first-order valence-electron chi connectivity index (χ1n) is 6.94. The highest BCUT2D eigenvalue weighted by molar-refractivity contribution is 7.99. The molecule has 0 saturated carbocycles. The summed E-state index contributed by atoms with van der Waals surface area (Å²) >= 11 is 1.81. The second kappa shape index (κ2) is 6.26. The Labute approximate surface area is 128 Å². The number of nitrogens with zero attached hydrogens (tertiary/aromatic N) is 2. The molecule has 1 atom stereocenters. The van der Waals surface area contributed by atoms with Crippen molar-refractivity contribution < 1.29 is 9.53 Å². The van der Waals surface area contributed by atoms with Crippen molar-refractivity contribution in [2.75, 3.05) is 19.4 Å². The van der Waals surface area contributed by atoms with E-state index in [4.69, 9.17) is 4.74 Å². The third-order valence-electron chi connectivity index (χ3n) is 3.60. The summed E-state index contributed by atoms with van der Waals surface area (Å²) in [7, 11) is 1.66. The van der Waals surface area contributed by atoms with Gasteiger partial charge in [-0.1, -0.05) is 12.1 Å². The SMILES string of the molecule is COc1ccc(C2SCCN2C(=O)Cn2cccc2)cc1. The second-order valence-electron chi connectivity index (χ2n) is 4.94. The van der Waals surface area contributed by atoms with Crippen molar-refractivity contribution in [1.82, 2.24) is 9.47 Å². The molecule has 1 aliphatic rings. The summed E-state index contributed by atoms with van der Waals surface area (Å²) in [4.78, 5) is 14.5. The van der Waals surface area contributed by atoms with Gasteiger partial charge in [0.05, 0.1) is 7.11 Å². The highest BCUT2D eigenvalue weighted by atomic mass is 32.2. The Balaban J connectivity index is 1.73. The van der Waals surface area contributed by atoms with Gasteiger partial charge in [0.15, 0.2) is 0 Å². The molecular formula is C16H18N2O2S. The van der Waals surface area contributed by atoms with E-state index in [1.54, 1.807) is 7.11 Å². The third-order valence-corrected chi connectivity index (χ3v) is 4.86. The van der Waals surface area contributed by atoms with Crippen molar-refractivity contribution in [3.05, 3.63) is 54.4 Å². The molecule has 0 bridgehead atoms. The van der Waals surface area contributed by atoms with Gasteiger partial charge in [-0.25, -0.2) is 0 Å². The minimum absolute atomic E-state index is 0.110. The van der Waals surface area contributed by atoms with Crippen molar-refractivity contribution in [3.8, 4) is 5.75 Å². The fraction of sp³-hybridized carbons (Fsp3) is 0.312. The predicted molar refractivity (Wildman–Crippen MR) is 84.3 cm³/mol. The molecule has 1 unspecified atom stereocenters. The summed E-state index contributed by atoms with van der Waals surface area (Å²) in [6, 6.07) is 11.8. The average molecular weight is 302 g/mol. The van der Waals surface area contributed by atoms with Crippen molar-refractivity contribution in [3.63, 3.8) is 0 Å². The van der Waals surface area contributed by atoms with Gasteiger partial charge in [-0.05, 0) is 29.8 Å². The van der Waals surface area contributed by atoms with Gasteiger partial charge in [0.2, 0.25) is 5.91 Å². The Morgan fingerprint density at radius 3 is 2.67 bits per heavy atom. The summed E-state index contributed by atoms with van der Waals surface area (Å²) in [6.45, 7) is 1.21. The van der Waals surface area contributed by atoms with E-state index in [0.717, 1.165) is 23.6 Å². The van der Waals surface area contributed by atoms with Crippen LogP contribution in [0.1, 0.15) is 10.9 Å². The first kappa shape index (κ1) is 14.1. The Morgan fingerprint density at radius 2 is 2.00 bits per heavy atom. The molecule has 0 aliphatic carbocycles. The summed E-state index contributed by atoms with van der Waals surface area (Å²) < 4.78 is 7.10. The molecule has 1 fully saturated rings. The van der Waals surface area contributed by atoms with Crippen molar-refractivity contribution in [2.45, 2.75) is 11.9 Å². The van der Waals surface area contributed by atoms with E-state index in [-0.39, 0.29) is 11.3 Å². The van der Waals surface area contributed by atoms with Crippen LogP contribution in [-0.2, 0) is 11.3 Å². The van der Waals surface area contributed by atoms with E-state index < -0.39 is 0 Å². The van der Waals surface area contributed by atoms with Gasteiger partial charge in [-0.15, -0.1) is 11.8 Å². The zero-order valence-electron chi connectivity index (χ0n) is 11.9. The normalized spacial score (nSPS) is 18.0. The number of carbonyl (C=O) groups is 1. The smallest absolute Gasteiger partial charge is 0.243 e. The molecule has 2 heterocycles. The zero-order valence-corrected chi connectivity index (χ0v) is 12.8. The minimum Gasteiger partial charge on any atom is -0.497 e. The van der Waals surface area contributed by atoms with Crippen LogP contribution < -0.4 is 4.74 Å². The lowest BCUT2D eigenvalue weighted by Gasteiger charge is -2.24. The number of thioether (sulfide) groups is 1. The lowest BCUT2D eigenvalue weighted by Crippen LogP contribution is -2.33.